The van der Waals surface area contributed by atoms with Crippen molar-refractivity contribution >= 4 is 5.91 Å². The minimum atomic E-state index is 0.161. The first-order chi connectivity index (χ1) is 13.7. The zero-order valence-corrected chi connectivity index (χ0v) is 16.7. The fourth-order valence-corrected chi connectivity index (χ4v) is 3.03. The van der Waals surface area contributed by atoms with Gasteiger partial charge in [-0.2, -0.15) is 5.26 Å². The zero-order chi connectivity index (χ0) is 20.2. The SMILES string of the molecule is C=CCN(CCc1ccc(-c2cccc(C#N)c2)cc1)C(=O)CCNCCC. The van der Waals surface area contributed by atoms with Gasteiger partial charge in [0.15, 0.2) is 0 Å². The van der Waals surface area contributed by atoms with Crippen LogP contribution in [0.3, 0.4) is 0 Å². The highest BCUT2D eigenvalue weighted by molar-refractivity contribution is 5.76. The van der Waals surface area contributed by atoms with Crippen molar-refractivity contribution in [3.8, 4) is 17.2 Å². The molecule has 0 aliphatic rings. The van der Waals surface area contributed by atoms with Crippen molar-refractivity contribution in [1.29, 1.82) is 5.26 Å². The fourth-order valence-electron chi connectivity index (χ4n) is 3.03. The molecule has 0 fully saturated rings. The van der Waals surface area contributed by atoms with Gasteiger partial charge in [-0.1, -0.05) is 49.4 Å². The molecule has 0 saturated heterocycles. The lowest BCUT2D eigenvalue weighted by atomic mass is 10.0. The molecule has 1 amide bonds. The van der Waals surface area contributed by atoms with Crippen LogP contribution in [-0.4, -0.2) is 37.0 Å². The van der Waals surface area contributed by atoms with E-state index in [1.165, 1.54) is 5.56 Å². The predicted octanol–water partition coefficient (Wildman–Crippen LogP) is 4.17. The Morgan fingerprint density at radius 3 is 2.64 bits per heavy atom. The number of hydrogen-bond acceptors (Lipinski definition) is 3. The minimum absolute atomic E-state index is 0.161. The van der Waals surface area contributed by atoms with Crippen molar-refractivity contribution in [3.05, 3.63) is 72.3 Å². The summed E-state index contributed by atoms with van der Waals surface area (Å²) < 4.78 is 0. The minimum Gasteiger partial charge on any atom is -0.339 e. The molecule has 0 radical (unpaired) electrons. The van der Waals surface area contributed by atoms with Crippen LogP contribution in [0.2, 0.25) is 0 Å². The molecule has 2 aromatic rings. The first-order valence-electron chi connectivity index (χ1n) is 9.86. The van der Waals surface area contributed by atoms with Gasteiger partial charge < -0.3 is 10.2 Å². The number of nitrogens with zero attached hydrogens (tertiary/aromatic N) is 2. The number of carbonyl (C=O) groups is 1. The molecule has 0 heterocycles. The highest BCUT2D eigenvalue weighted by Crippen LogP contribution is 2.21. The van der Waals surface area contributed by atoms with Crippen LogP contribution in [0.5, 0.6) is 0 Å². The highest BCUT2D eigenvalue weighted by atomic mass is 16.2. The van der Waals surface area contributed by atoms with Gasteiger partial charge in [0.25, 0.3) is 0 Å². The molecule has 0 aliphatic heterocycles. The Bertz CT molecular complexity index is 805. The third-order valence-electron chi connectivity index (χ3n) is 4.59. The van der Waals surface area contributed by atoms with Gasteiger partial charge in [0.1, 0.15) is 0 Å². The second-order valence-electron chi connectivity index (χ2n) is 6.77. The van der Waals surface area contributed by atoms with E-state index in [0.717, 1.165) is 37.1 Å². The van der Waals surface area contributed by atoms with Gasteiger partial charge in [0, 0.05) is 26.1 Å². The highest BCUT2D eigenvalue weighted by Gasteiger charge is 2.11. The second-order valence-corrected chi connectivity index (χ2v) is 6.77. The van der Waals surface area contributed by atoms with E-state index in [0.29, 0.717) is 25.1 Å². The Labute approximate surface area is 168 Å². The van der Waals surface area contributed by atoms with E-state index in [-0.39, 0.29) is 5.91 Å². The van der Waals surface area contributed by atoms with Crippen molar-refractivity contribution in [3.63, 3.8) is 0 Å². The second kappa shape index (κ2) is 11.7. The normalized spacial score (nSPS) is 10.3. The quantitative estimate of drug-likeness (QED) is 0.474. The Morgan fingerprint density at radius 2 is 1.96 bits per heavy atom. The van der Waals surface area contributed by atoms with E-state index in [1.54, 1.807) is 12.1 Å². The topological polar surface area (TPSA) is 56.1 Å². The number of nitriles is 1. The molecule has 28 heavy (non-hydrogen) atoms. The Morgan fingerprint density at radius 1 is 1.18 bits per heavy atom. The molecule has 4 nitrogen and oxygen atoms in total. The summed E-state index contributed by atoms with van der Waals surface area (Å²) in [6.45, 7) is 8.81. The van der Waals surface area contributed by atoms with Crippen molar-refractivity contribution < 1.29 is 4.79 Å². The lowest BCUT2D eigenvalue weighted by molar-refractivity contribution is -0.130. The summed E-state index contributed by atoms with van der Waals surface area (Å²) in [5, 5.41) is 12.3. The number of rotatable bonds is 11. The molecule has 2 rings (SSSR count). The van der Waals surface area contributed by atoms with E-state index in [4.69, 9.17) is 5.26 Å². The molecular weight excluding hydrogens is 346 g/mol. The Kier molecular flexibility index (Phi) is 8.97. The van der Waals surface area contributed by atoms with Crippen molar-refractivity contribution in [2.24, 2.45) is 0 Å². The average Bonchev–Trinajstić information content (AvgIpc) is 2.74. The molecule has 0 unspecified atom stereocenters. The summed E-state index contributed by atoms with van der Waals surface area (Å²) in [6, 6.07) is 18.1. The summed E-state index contributed by atoms with van der Waals surface area (Å²) in [4.78, 5) is 14.3. The molecule has 0 aliphatic carbocycles. The van der Waals surface area contributed by atoms with Gasteiger partial charge in [-0.05, 0) is 48.2 Å². The Balaban J connectivity index is 1.93. The lowest BCUT2D eigenvalue weighted by Crippen LogP contribution is -2.35. The molecule has 146 valence electrons. The number of nitrogens with one attached hydrogen (secondary N) is 1. The van der Waals surface area contributed by atoms with E-state index < -0.39 is 0 Å². The van der Waals surface area contributed by atoms with Crippen LogP contribution >= 0.6 is 0 Å². The molecule has 0 bridgehead atoms. The van der Waals surface area contributed by atoms with Crippen LogP contribution in [0.1, 0.15) is 30.9 Å². The summed E-state index contributed by atoms with van der Waals surface area (Å²) in [7, 11) is 0. The van der Waals surface area contributed by atoms with Crippen LogP contribution in [0.15, 0.2) is 61.2 Å². The smallest absolute Gasteiger partial charge is 0.224 e. The average molecular weight is 376 g/mol. The van der Waals surface area contributed by atoms with Gasteiger partial charge in [-0.3, -0.25) is 4.79 Å². The molecule has 0 spiro atoms. The number of benzene rings is 2. The summed E-state index contributed by atoms with van der Waals surface area (Å²) in [5.41, 5.74) is 3.97. The first-order valence-corrected chi connectivity index (χ1v) is 9.86. The van der Waals surface area contributed by atoms with Gasteiger partial charge in [-0.15, -0.1) is 6.58 Å². The molecule has 2 aromatic carbocycles. The maximum absolute atomic E-state index is 12.4. The third-order valence-corrected chi connectivity index (χ3v) is 4.59. The van der Waals surface area contributed by atoms with Gasteiger partial charge in [0.2, 0.25) is 5.91 Å². The molecule has 0 aromatic heterocycles. The van der Waals surface area contributed by atoms with Crippen LogP contribution in [0, 0.1) is 11.3 Å². The maximum Gasteiger partial charge on any atom is 0.224 e. The Hall–Kier alpha value is -2.90. The van der Waals surface area contributed by atoms with Gasteiger partial charge in [-0.25, -0.2) is 0 Å². The van der Waals surface area contributed by atoms with Crippen LogP contribution in [0.4, 0.5) is 0 Å². The maximum atomic E-state index is 12.4. The molecule has 0 atom stereocenters. The van der Waals surface area contributed by atoms with Gasteiger partial charge in [0.05, 0.1) is 11.6 Å². The molecule has 4 heteroatoms. The monoisotopic (exact) mass is 375 g/mol. The van der Waals surface area contributed by atoms with Crippen molar-refractivity contribution in [1.82, 2.24) is 10.2 Å². The molecule has 1 N–H and O–H groups in total. The third kappa shape index (κ3) is 6.68. The number of amides is 1. The molecular formula is C24H29N3O. The summed E-state index contributed by atoms with van der Waals surface area (Å²) >= 11 is 0. The summed E-state index contributed by atoms with van der Waals surface area (Å²) in [6.07, 6.45) is 4.17. The van der Waals surface area contributed by atoms with Crippen molar-refractivity contribution in [2.45, 2.75) is 26.2 Å². The largest absolute Gasteiger partial charge is 0.339 e. The van der Waals surface area contributed by atoms with E-state index in [2.05, 4.69) is 49.2 Å². The fraction of sp³-hybridized carbons (Fsp3) is 0.333. The molecule has 0 saturated carbocycles. The van der Waals surface area contributed by atoms with E-state index in [1.807, 2.05) is 23.1 Å². The van der Waals surface area contributed by atoms with Gasteiger partial charge >= 0.3 is 0 Å². The first kappa shape index (κ1) is 21.4. The standard InChI is InChI=1S/C24H29N3O/c1-3-14-26-15-12-24(28)27(16-4-2)17-13-20-8-10-22(11-9-20)23-7-5-6-21(18-23)19-25/h4-11,18,26H,2-3,12-17H2,1H3. The summed E-state index contributed by atoms with van der Waals surface area (Å²) in [5.74, 6) is 0.161. The van der Waals surface area contributed by atoms with Crippen LogP contribution in [-0.2, 0) is 11.2 Å². The zero-order valence-electron chi connectivity index (χ0n) is 16.7. The van der Waals surface area contributed by atoms with E-state index in [9.17, 15) is 4.79 Å². The predicted molar refractivity (Wildman–Crippen MR) is 115 cm³/mol. The van der Waals surface area contributed by atoms with Crippen LogP contribution in [0.25, 0.3) is 11.1 Å². The van der Waals surface area contributed by atoms with Crippen LogP contribution < -0.4 is 5.32 Å². The number of carbonyl (C=O) groups excluding carboxylic acids is 1. The van der Waals surface area contributed by atoms with Crippen molar-refractivity contribution in [2.75, 3.05) is 26.2 Å². The number of hydrogen-bond donors (Lipinski definition) is 1. The van der Waals surface area contributed by atoms with E-state index >= 15 is 0 Å². The lowest BCUT2D eigenvalue weighted by Gasteiger charge is -2.21.